The largest absolute Gasteiger partial charge is 0.329 e. The predicted molar refractivity (Wildman–Crippen MR) is 70.9 cm³/mol. The van der Waals surface area contributed by atoms with Crippen LogP contribution in [0, 0.1) is 5.82 Å². The highest BCUT2D eigenvalue weighted by Gasteiger charge is 2.20. The average molecular weight is 262 g/mol. The topological polar surface area (TPSA) is 54.9 Å². The van der Waals surface area contributed by atoms with Gasteiger partial charge in [-0.25, -0.2) is 9.18 Å². The molecule has 0 spiro atoms. The first-order valence-electron chi connectivity index (χ1n) is 6.61. The van der Waals surface area contributed by atoms with Crippen molar-refractivity contribution in [2.75, 3.05) is 0 Å². The van der Waals surface area contributed by atoms with Crippen LogP contribution in [0.25, 0.3) is 10.9 Å². The molecule has 1 N–H and O–H groups in total. The van der Waals surface area contributed by atoms with Gasteiger partial charge < -0.3 is 4.98 Å². The van der Waals surface area contributed by atoms with Crippen LogP contribution in [-0.2, 0) is 0 Å². The Morgan fingerprint density at radius 3 is 2.63 bits per heavy atom. The Labute approximate surface area is 108 Å². The number of hydrogen-bond donors (Lipinski definition) is 1. The molecule has 0 aliphatic heterocycles. The van der Waals surface area contributed by atoms with Crippen LogP contribution in [0.15, 0.2) is 27.8 Å². The van der Waals surface area contributed by atoms with Gasteiger partial charge >= 0.3 is 5.69 Å². The smallest absolute Gasteiger partial charge is 0.307 e. The van der Waals surface area contributed by atoms with Gasteiger partial charge in [-0.2, -0.15) is 0 Å². The molecule has 1 aliphatic rings. The van der Waals surface area contributed by atoms with E-state index < -0.39 is 11.5 Å². The monoisotopic (exact) mass is 262 g/mol. The molecule has 1 aromatic heterocycles. The van der Waals surface area contributed by atoms with Crippen LogP contribution in [0.1, 0.15) is 38.1 Å². The SMILES string of the molecule is O=c1[nH]c2cc(F)ccc2c(=O)n1C1CCCCC1. The van der Waals surface area contributed by atoms with E-state index in [0.29, 0.717) is 5.39 Å². The van der Waals surface area contributed by atoms with E-state index in [1.54, 1.807) is 0 Å². The molecule has 0 amide bonds. The predicted octanol–water partition coefficient (Wildman–Crippen LogP) is 2.33. The van der Waals surface area contributed by atoms with E-state index in [1.165, 1.54) is 22.8 Å². The Morgan fingerprint density at radius 1 is 1.16 bits per heavy atom. The van der Waals surface area contributed by atoms with E-state index in [9.17, 15) is 14.0 Å². The van der Waals surface area contributed by atoms with Crippen molar-refractivity contribution in [2.45, 2.75) is 38.1 Å². The second-order valence-corrected chi connectivity index (χ2v) is 5.09. The van der Waals surface area contributed by atoms with E-state index in [-0.39, 0.29) is 17.1 Å². The number of nitrogens with zero attached hydrogens (tertiary/aromatic N) is 1. The van der Waals surface area contributed by atoms with Gasteiger partial charge in [0, 0.05) is 6.04 Å². The molecule has 0 unspecified atom stereocenters. The summed E-state index contributed by atoms with van der Waals surface area (Å²) in [5.74, 6) is -0.460. The van der Waals surface area contributed by atoms with E-state index in [4.69, 9.17) is 0 Å². The molecule has 1 saturated carbocycles. The number of hydrogen-bond acceptors (Lipinski definition) is 2. The molecule has 1 aromatic carbocycles. The highest BCUT2D eigenvalue weighted by molar-refractivity contribution is 5.77. The number of benzene rings is 1. The zero-order valence-electron chi connectivity index (χ0n) is 10.5. The Kier molecular flexibility index (Phi) is 2.97. The molecule has 0 atom stereocenters. The number of fused-ring (bicyclic) bond motifs is 1. The summed E-state index contributed by atoms with van der Waals surface area (Å²) in [7, 11) is 0. The van der Waals surface area contributed by atoms with Gasteiger partial charge in [0.05, 0.1) is 10.9 Å². The van der Waals surface area contributed by atoms with Crippen molar-refractivity contribution >= 4 is 10.9 Å². The minimum Gasteiger partial charge on any atom is -0.307 e. The summed E-state index contributed by atoms with van der Waals surface area (Å²) >= 11 is 0. The first kappa shape index (κ1) is 12.1. The highest BCUT2D eigenvalue weighted by Crippen LogP contribution is 2.26. The Balaban J connectivity index is 2.22. The summed E-state index contributed by atoms with van der Waals surface area (Å²) < 4.78 is 14.4. The number of halogens is 1. The average Bonchev–Trinajstić information content (AvgIpc) is 2.39. The number of H-pyrrole nitrogens is 1. The molecule has 2 aromatic rings. The van der Waals surface area contributed by atoms with Crippen LogP contribution in [-0.4, -0.2) is 9.55 Å². The number of aromatic amines is 1. The first-order chi connectivity index (χ1) is 9.16. The molecule has 0 radical (unpaired) electrons. The highest BCUT2D eigenvalue weighted by atomic mass is 19.1. The fourth-order valence-corrected chi connectivity index (χ4v) is 2.87. The molecule has 3 rings (SSSR count). The third-order valence-electron chi connectivity index (χ3n) is 3.83. The quantitative estimate of drug-likeness (QED) is 0.857. The number of aromatic nitrogens is 2. The van der Waals surface area contributed by atoms with Crippen molar-refractivity contribution in [3.8, 4) is 0 Å². The van der Waals surface area contributed by atoms with Gasteiger partial charge in [0.25, 0.3) is 5.56 Å². The molecule has 4 nitrogen and oxygen atoms in total. The van der Waals surface area contributed by atoms with Crippen molar-refractivity contribution in [3.63, 3.8) is 0 Å². The van der Waals surface area contributed by atoms with Gasteiger partial charge in [0.1, 0.15) is 5.82 Å². The van der Waals surface area contributed by atoms with Gasteiger partial charge in [-0.05, 0) is 31.0 Å². The summed E-state index contributed by atoms with van der Waals surface area (Å²) in [4.78, 5) is 27.0. The van der Waals surface area contributed by atoms with E-state index in [1.807, 2.05) is 0 Å². The second-order valence-electron chi connectivity index (χ2n) is 5.09. The summed E-state index contributed by atoms with van der Waals surface area (Å²) in [5, 5.41) is 0.367. The Bertz CT molecular complexity index is 726. The van der Waals surface area contributed by atoms with Crippen LogP contribution in [0.2, 0.25) is 0 Å². The second kappa shape index (κ2) is 4.64. The minimum absolute atomic E-state index is 0.0283. The zero-order valence-corrected chi connectivity index (χ0v) is 10.5. The fourth-order valence-electron chi connectivity index (χ4n) is 2.87. The third-order valence-corrected chi connectivity index (χ3v) is 3.83. The lowest BCUT2D eigenvalue weighted by atomic mass is 9.95. The molecule has 1 aliphatic carbocycles. The van der Waals surface area contributed by atoms with Gasteiger partial charge in [-0.15, -0.1) is 0 Å². The molecule has 19 heavy (non-hydrogen) atoms. The molecule has 100 valence electrons. The number of nitrogens with one attached hydrogen (secondary N) is 1. The van der Waals surface area contributed by atoms with E-state index >= 15 is 0 Å². The van der Waals surface area contributed by atoms with E-state index in [2.05, 4.69) is 4.98 Å². The maximum atomic E-state index is 13.1. The minimum atomic E-state index is -0.460. The molecular formula is C14H15FN2O2. The van der Waals surface area contributed by atoms with Crippen LogP contribution < -0.4 is 11.2 Å². The Morgan fingerprint density at radius 2 is 1.89 bits per heavy atom. The maximum Gasteiger partial charge on any atom is 0.329 e. The van der Waals surface area contributed by atoms with Gasteiger partial charge in [0.2, 0.25) is 0 Å². The lowest BCUT2D eigenvalue weighted by Gasteiger charge is -2.23. The first-order valence-corrected chi connectivity index (χ1v) is 6.61. The van der Waals surface area contributed by atoms with Crippen molar-refractivity contribution in [1.82, 2.24) is 9.55 Å². The molecule has 1 fully saturated rings. The van der Waals surface area contributed by atoms with Crippen molar-refractivity contribution in [1.29, 1.82) is 0 Å². The van der Waals surface area contributed by atoms with Crippen molar-refractivity contribution in [2.24, 2.45) is 0 Å². The van der Waals surface area contributed by atoms with Crippen LogP contribution in [0.5, 0.6) is 0 Å². The van der Waals surface area contributed by atoms with Crippen LogP contribution in [0.3, 0.4) is 0 Å². The number of rotatable bonds is 1. The molecule has 0 saturated heterocycles. The lowest BCUT2D eigenvalue weighted by Crippen LogP contribution is -2.38. The summed E-state index contributed by atoms with van der Waals surface area (Å²) in [5.41, 5.74) is -0.484. The summed E-state index contributed by atoms with van der Waals surface area (Å²) in [6.07, 6.45) is 4.95. The fraction of sp³-hybridized carbons (Fsp3) is 0.429. The molecule has 5 heteroatoms. The zero-order chi connectivity index (χ0) is 13.4. The molecular weight excluding hydrogens is 247 g/mol. The molecule has 1 heterocycles. The normalized spacial score (nSPS) is 16.9. The Hall–Kier alpha value is -1.91. The van der Waals surface area contributed by atoms with Crippen LogP contribution >= 0.6 is 0 Å². The van der Waals surface area contributed by atoms with Gasteiger partial charge in [0.15, 0.2) is 0 Å². The summed E-state index contributed by atoms with van der Waals surface area (Å²) in [6, 6.07) is 3.83. The van der Waals surface area contributed by atoms with Gasteiger partial charge in [-0.1, -0.05) is 19.3 Å². The maximum absolute atomic E-state index is 13.1. The van der Waals surface area contributed by atoms with E-state index in [0.717, 1.165) is 32.1 Å². The third kappa shape index (κ3) is 2.09. The standard InChI is InChI=1S/C14H15FN2O2/c15-9-6-7-11-12(8-9)16-14(19)17(13(11)18)10-4-2-1-3-5-10/h6-8,10H,1-5H2,(H,16,19). The summed E-state index contributed by atoms with van der Waals surface area (Å²) in [6.45, 7) is 0. The molecule has 0 bridgehead atoms. The van der Waals surface area contributed by atoms with Gasteiger partial charge in [-0.3, -0.25) is 9.36 Å². The van der Waals surface area contributed by atoms with Crippen molar-refractivity contribution in [3.05, 3.63) is 44.9 Å². The lowest BCUT2D eigenvalue weighted by molar-refractivity contribution is 0.338. The van der Waals surface area contributed by atoms with Crippen molar-refractivity contribution < 1.29 is 4.39 Å². The van der Waals surface area contributed by atoms with Crippen LogP contribution in [0.4, 0.5) is 4.39 Å².